The van der Waals surface area contributed by atoms with Crippen LogP contribution < -0.4 is 10.6 Å². The maximum Gasteiger partial charge on any atom is 0.0368 e. The van der Waals surface area contributed by atoms with Crippen molar-refractivity contribution in [3.05, 3.63) is 24.3 Å². The van der Waals surface area contributed by atoms with Crippen LogP contribution in [0, 0.1) is 0 Å². The van der Waals surface area contributed by atoms with Gasteiger partial charge in [-0.1, -0.05) is 0 Å². The van der Waals surface area contributed by atoms with E-state index in [1.54, 1.807) is 0 Å². The van der Waals surface area contributed by atoms with Gasteiger partial charge in [0.1, 0.15) is 0 Å². The molecule has 1 aromatic carbocycles. The molecule has 1 heterocycles. The van der Waals surface area contributed by atoms with E-state index in [1.807, 2.05) is 12.1 Å². The Kier molecular flexibility index (Phi) is 6.56. The van der Waals surface area contributed by atoms with Crippen LogP contribution in [-0.4, -0.2) is 38.1 Å². The zero-order valence-electron chi connectivity index (χ0n) is 9.43. The van der Waals surface area contributed by atoms with Gasteiger partial charge in [0.2, 0.25) is 0 Å². The van der Waals surface area contributed by atoms with Gasteiger partial charge in [-0.25, -0.2) is 0 Å². The molecule has 92 valence electrons. The Morgan fingerprint density at radius 2 is 1.44 bits per heavy atom. The molecule has 2 N–H and O–H groups in total. The molecule has 0 aliphatic carbocycles. The first-order chi connectivity index (χ1) is 6.75. The van der Waals surface area contributed by atoms with E-state index in [4.69, 9.17) is 5.73 Å². The van der Waals surface area contributed by atoms with Crippen molar-refractivity contribution in [2.24, 2.45) is 0 Å². The zero-order valence-corrected chi connectivity index (χ0v) is 11.1. The van der Waals surface area contributed by atoms with Gasteiger partial charge in [0.15, 0.2) is 0 Å². The lowest BCUT2D eigenvalue weighted by Gasteiger charge is -2.34. The molecular formula is C11H19Cl2N3. The normalized spacial score (nSPS) is 16.2. The summed E-state index contributed by atoms with van der Waals surface area (Å²) in [5.41, 5.74) is 7.77. The van der Waals surface area contributed by atoms with Crippen molar-refractivity contribution in [2.75, 3.05) is 43.9 Å². The Hall–Kier alpha value is -0.640. The lowest BCUT2D eigenvalue weighted by molar-refractivity contribution is 0.313. The second kappa shape index (κ2) is 6.84. The molecule has 0 amide bonds. The summed E-state index contributed by atoms with van der Waals surface area (Å²) in [5.74, 6) is 0. The average molecular weight is 264 g/mol. The molecule has 0 aromatic heterocycles. The number of piperazine rings is 1. The van der Waals surface area contributed by atoms with Crippen molar-refractivity contribution in [1.29, 1.82) is 0 Å². The Bertz CT molecular complexity index is 295. The summed E-state index contributed by atoms with van der Waals surface area (Å²) >= 11 is 0. The molecule has 5 heteroatoms. The van der Waals surface area contributed by atoms with Gasteiger partial charge in [0.25, 0.3) is 0 Å². The van der Waals surface area contributed by atoms with Gasteiger partial charge >= 0.3 is 0 Å². The van der Waals surface area contributed by atoms with Crippen molar-refractivity contribution in [3.63, 3.8) is 0 Å². The molecule has 0 bridgehead atoms. The molecule has 1 aliphatic rings. The first-order valence-electron chi connectivity index (χ1n) is 5.05. The second-order valence-corrected chi connectivity index (χ2v) is 3.88. The summed E-state index contributed by atoms with van der Waals surface area (Å²) in [7, 11) is 2.17. The predicted molar refractivity (Wildman–Crippen MR) is 75.1 cm³/mol. The highest BCUT2D eigenvalue weighted by molar-refractivity contribution is 5.85. The smallest absolute Gasteiger partial charge is 0.0368 e. The minimum atomic E-state index is 0. The van der Waals surface area contributed by atoms with Crippen molar-refractivity contribution < 1.29 is 0 Å². The first-order valence-corrected chi connectivity index (χ1v) is 5.05. The van der Waals surface area contributed by atoms with Crippen LogP contribution in [0.1, 0.15) is 0 Å². The van der Waals surface area contributed by atoms with E-state index in [-0.39, 0.29) is 24.8 Å². The van der Waals surface area contributed by atoms with Crippen LogP contribution in [0.15, 0.2) is 24.3 Å². The van der Waals surface area contributed by atoms with Crippen LogP contribution in [-0.2, 0) is 0 Å². The molecule has 1 aromatic rings. The third-order valence-corrected chi connectivity index (χ3v) is 2.76. The molecule has 1 fully saturated rings. The summed E-state index contributed by atoms with van der Waals surface area (Å²) in [4.78, 5) is 4.76. The van der Waals surface area contributed by atoms with Crippen LogP contribution in [0.2, 0.25) is 0 Å². The third-order valence-electron chi connectivity index (χ3n) is 2.76. The van der Waals surface area contributed by atoms with E-state index in [2.05, 4.69) is 29.0 Å². The maximum absolute atomic E-state index is 5.65. The molecule has 0 radical (unpaired) electrons. The first kappa shape index (κ1) is 15.4. The average Bonchev–Trinajstić information content (AvgIpc) is 2.21. The summed E-state index contributed by atoms with van der Waals surface area (Å²) in [6.07, 6.45) is 0. The Morgan fingerprint density at radius 1 is 0.938 bits per heavy atom. The third kappa shape index (κ3) is 3.74. The molecule has 0 spiro atoms. The molecule has 0 atom stereocenters. The maximum atomic E-state index is 5.65. The molecular weight excluding hydrogens is 245 g/mol. The van der Waals surface area contributed by atoms with Crippen LogP contribution in [0.4, 0.5) is 11.4 Å². The van der Waals surface area contributed by atoms with Gasteiger partial charge in [-0.15, -0.1) is 24.8 Å². The van der Waals surface area contributed by atoms with Gasteiger partial charge in [-0.2, -0.15) is 0 Å². The van der Waals surface area contributed by atoms with E-state index in [1.165, 1.54) is 5.69 Å². The highest BCUT2D eigenvalue weighted by atomic mass is 35.5. The summed E-state index contributed by atoms with van der Waals surface area (Å²) in [6.45, 7) is 4.51. The fraction of sp³-hybridized carbons (Fsp3) is 0.455. The number of halogens is 2. The molecule has 3 nitrogen and oxygen atoms in total. The monoisotopic (exact) mass is 263 g/mol. The Labute approximate surface area is 109 Å². The van der Waals surface area contributed by atoms with Crippen LogP contribution >= 0.6 is 24.8 Å². The molecule has 2 rings (SSSR count). The van der Waals surface area contributed by atoms with E-state index in [0.29, 0.717) is 0 Å². The summed E-state index contributed by atoms with van der Waals surface area (Å²) in [5, 5.41) is 0. The highest BCUT2D eigenvalue weighted by Gasteiger charge is 2.13. The number of nitrogens with zero attached hydrogens (tertiary/aromatic N) is 2. The van der Waals surface area contributed by atoms with Gasteiger partial charge < -0.3 is 15.5 Å². The summed E-state index contributed by atoms with van der Waals surface area (Å²) < 4.78 is 0. The van der Waals surface area contributed by atoms with Gasteiger partial charge in [-0.3, -0.25) is 0 Å². The van der Waals surface area contributed by atoms with Gasteiger partial charge in [-0.05, 0) is 31.3 Å². The van der Waals surface area contributed by atoms with Crippen molar-refractivity contribution in [3.8, 4) is 0 Å². The van der Waals surface area contributed by atoms with Crippen molar-refractivity contribution in [1.82, 2.24) is 4.90 Å². The Morgan fingerprint density at radius 3 is 1.94 bits per heavy atom. The standard InChI is InChI=1S/C11H17N3.2ClH/c1-13-6-8-14(9-7-13)11-4-2-10(12)3-5-11;;/h2-5H,6-9,12H2,1H3;2*1H. The fourth-order valence-corrected chi connectivity index (χ4v) is 1.75. The SMILES string of the molecule is CN1CCN(c2ccc(N)cc2)CC1.Cl.Cl. The molecule has 1 saturated heterocycles. The number of hydrogen-bond acceptors (Lipinski definition) is 3. The van der Waals surface area contributed by atoms with E-state index in [9.17, 15) is 0 Å². The number of hydrogen-bond donors (Lipinski definition) is 1. The predicted octanol–water partition coefficient (Wildman–Crippen LogP) is 1.86. The van der Waals surface area contributed by atoms with Crippen LogP contribution in [0.25, 0.3) is 0 Å². The molecule has 16 heavy (non-hydrogen) atoms. The fourth-order valence-electron chi connectivity index (χ4n) is 1.75. The lowest BCUT2D eigenvalue weighted by Crippen LogP contribution is -2.44. The Balaban J connectivity index is 0.00000112. The lowest BCUT2D eigenvalue weighted by atomic mass is 10.2. The minimum absolute atomic E-state index is 0. The number of nitrogens with two attached hydrogens (primary N) is 1. The number of rotatable bonds is 1. The zero-order chi connectivity index (χ0) is 9.97. The van der Waals surface area contributed by atoms with Crippen molar-refractivity contribution in [2.45, 2.75) is 0 Å². The largest absolute Gasteiger partial charge is 0.399 e. The quantitative estimate of drug-likeness (QED) is 0.786. The number of benzene rings is 1. The molecule has 0 unspecified atom stereocenters. The molecule has 0 saturated carbocycles. The number of likely N-dealkylation sites (N-methyl/N-ethyl adjacent to an activating group) is 1. The van der Waals surface area contributed by atoms with Gasteiger partial charge in [0, 0.05) is 37.6 Å². The second-order valence-electron chi connectivity index (χ2n) is 3.88. The number of anilines is 2. The van der Waals surface area contributed by atoms with E-state index < -0.39 is 0 Å². The topological polar surface area (TPSA) is 32.5 Å². The van der Waals surface area contributed by atoms with Crippen LogP contribution in [0.3, 0.4) is 0 Å². The number of nitrogen functional groups attached to an aromatic ring is 1. The molecule has 1 aliphatic heterocycles. The minimum Gasteiger partial charge on any atom is -0.399 e. The van der Waals surface area contributed by atoms with E-state index in [0.717, 1.165) is 31.9 Å². The van der Waals surface area contributed by atoms with Gasteiger partial charge in [0.05, 0.1) is 0 Å². The summed E-state index contributed by atoms with van der Waals surface area (Å²) in [6, 6.07) is 8.13. The highest BCUT2D eigenvalue weighted by Crippen LogP contribution is 2.17. The van der Waals surface area contributed by atoms with Crippen molar-refractivity contribution >= 4 is 36.2 Å². The van der Waals surface area contributed by atoms with E-state index >= 15 is 0 Å². The van der Waals surface area contributed by atoms with Crippen LogP contribution in [0.5, 0.6) is 0 Å².